The minimum Gasteiger partial charge on any atom is -0.495 e. The molecule has 1 amide bonds. The SMILES string of the molecule is COc1ccccc1NC(=O)C1=C(C)Nc2nc(-c3ccc(Cl)cc3)nn2C1c1ccncc1. The second kappa shape index (κ2) is 8.99. The monoisotopic (exact) mass is 472 g/mol. The first-order valence-corrected chi connectivity index (χ1v) is 11.0. The summed E-state index contributed by atoms with van der Waals surface area (Å²) in [6.07, 6.45) is 3.39. The first-order valence-electron chi connectivity index (χ1n) is 10.6. The maximum absolute atomic E-state index is 13.6. The Labute approximate surface area is 201 Å². The summed E-state index contributed by atoms with van der Waals surface area (Å²) in [6, 6.07) is 17.8. The minimum atomic E-state index is -0.512. The zero-order chi connectivity index (χ0) is 23.7. The van der Waals surface area contributed by atoms with Gasteiger partial charge in [0.2, 0.25) is 5.95 Å². The first-order chi connectivity index (χ1) is 16.5. The lowest BCUT2D eigenvalue weighted by Crippen LogP contribution is -2.31. The third-order valence-electron chi connectivity index (χ3n) is 5.58. The van der Waals surface area contributed by atoms with Crippen molar-refractivity contribution < 1.29 is 9.53 Å². The smallest absolute Gasteiger partial charge is 0.255 e. The van der Waals surface area contributed by atoms with Gasteiger partial charge in [0, 0.05) is 28.7 Å². The Balaban J connectivity index is 1.58. The number of fused-ring (bicyclic) bond motifs is 1. The van der Waals surface area contributed by atoms with Crippen LogP contribution in [0, 0.1) is 0 Å². The van der Waals surface area contributed by atoms with E-state index in [9.17, 15) is 4.79 Å². The largest absolute Gasteiger partial charge is 0.495 e. The van der Waals surface area contributed by atoms with Crippen LogP contribution in [0.25, 0.3) is 11.4 Å². The highest BCUT2D eigenvalue weighted by molar-refractivity contribution is 6.30. The van der Waals surface area contributed by atoms with Crippen molar-refractivity contribution in [1.29, 1.82) is 0 Å². The van der Waals surface area contributed by atoms with E-state index >= 15 is 0 Å². The fourth-order valence-corrected chi connectivity index (χ4v) is 4.08. The number of anilines is 2. The lowest BCUT2D eigenvalue weighted by molar-refractivity contribution is -0.113. The van der Waals surface area contributed by atoms with E-state index < -0.39 is 6.04 Å². The Hall–Kier alpha value is -4.17. The summed E-state index contributed by atoms with van der Waals surface area (Å²) in [6.45, 7) is 1.85. The number of para-hydroxylation sites is 2. The van der Waals surface area contributed by atoms with Crippen molar-refractivity contribution in [2.24, 2.45) is 0 Å². The Morgan fingerprint density at radius 1 is 1.09 bits per heavy atom. The second-order valence-corrected chi connectivity index (χ2v) is 8.15. The van der Waals surface area contributed by atoms with Crippen LogP contribution >= 0.6 is 11.6 Å². The van der Waals surface area contributed by atoms with Crippen molar-refractivity contribution in [3.8, 4) is 17.1 Å². The van der Waals surface area contributed by atoms with Gasteiger partial charge in [-0.1, -0.05) is 23.7 Å². The fourth-order valence-electron chi connectivity index (χ4n) is 3.96. The molecule has 8 nitrogen and oxygen atoms in total. The van der Waals surface area contributed by atoms with Crippen molar-refractivity contribution >= 4 is 29.1 Å². The predicted octanol–water partition coefficient (Wildman–Crippen LogP) is 4.93. The molecule has 4 aromatic rings. The number of pyridine rings is 1. The molecule has 5 rings (SSSR count). The van der Waals surface area contributed by atoms with Gasteiger partial charge >= 0.3 is 0 Å². The molecule has 1 aliphatic rings. The lowest BCUT2D eigenvalue weighted by atomic mass is 9.96. The molecule has 1 atom stereocenters. The van der Waals surface area contributed by atoms with Crippen LogP contribution < -0.4 is 15.4 Å². The highest BCUT2D eigenvalue weighted by atomic mass is 35.5. The Morgan fingerprint density at radius 2 is 1.82 bits per heavy atom. The molecule has 3 heterocycles. The molecule has 9 heteroatoms. The number of nitrogens with one attached hydrogen (secondary N) is 2. The zero-order valence-corrected chi connectivity index (χ0v) is 19.2. The summed E-state index contributed by atoms with van der Waals surface area (Å²) in [5.74, 6) is 1.37. The number of allylic oxidation sites excluding steroid dienone is 1. The molecule has 2 N–H and O–H groups in total. The van der Waals surface area contributed by atoms with E-state index in [1.54, 1.807) is 48.5 Å². The van der Waals surface area contributed by atoms with Gasteiger partial charge in [0.25, 0.3) is 5.91 Å². The summed E-state index contributed by atoms with van der Waals surface area (Å²) in [5.41, 5.74) is 3.44. The van der Waals surface area contributed by atoms with E-state index in [4.69, 9.17) is 21.4 Å². The van der Waals surface area contributed by atoms with Gasteiger partial charge in [-0.05, 0) is 61.0 Å². The molecule has 0 aliphatic carbocycles. The van der Waals surface area contributed by atoms with Crippen LogP contribution in [-0.2, 0) is 4.79 Å². The van der Waals surface area contributed by atoms with Crippen LogP contribution in [0.3, 0.4) is 0 Å². The van der Waals surface area contributed by atoms with Crippen molar-refractivity contribution in [2.75, 3.05) is 17.7 Å². The molecule has 170 valence electrons. The van der Waals surface area contributed by atoms with E-state index in [0.29, 0.717) is 39.5 Å². The molecule has 2 aromatic carbocycles. The van der Waals surface area contributed by atoms with Gasteiger partial charge in [-0.3, -0.25) is 9.78 Å². The van der Waals surface area contributed by atoms with Crippen LogP contribution in [0.4, 0.5) is 11.6 Å². The number of carbonyl (C=O) groups excluding carboxylic acids is 1. The van der Waals surface area contributed by atoms with Crippen LogP contribution in [-0.4, -0.2) is 32.8 Å². The maximum atomic E-state index is 13.6. The average Bonchev–Trinajstić information content (AvgIpc) is 3.28. The van der Waals surface area contributed by atoms with E-state index in [-0.39, 0.29) is 5.91 Å². The van der Waals surface area contributed by atoms with Crippen molar-refractivity contribution in [2.45, 2.75) is 13.0 Å². The van der Waals surface area contributed by atoms with E-state index in [0.717, 1.165) is 11.1 Å². The number of amides is 1. The number of ether oxygens (including phenoxy) is 1. The minimum absolute atomic E-state index is 0.273. The van der Waals surface area contributed by atoms with Crippen molar-refractivity contribution in [1.82, 2.24) is 19.7 Å². The number of hydrogen-bond donors (Lipinski definition) is 2. The number of rotatable bonds is 5. The Morgan fingerprint density at radius 3 is 2.56 bits per heavy atom. The topological polar surface area (TPSA) is 94.0 Å². The molecule has 0 bridgehead atoms. The second-order valence-electron chi connectivity index (χ2n) is 7.71. The normalized spacial score (nSPS) is 14.9. The molecule has 0 radical (unpaired) electrons. The molecule has 0 fully saturated rings. The quantitative estimate of drug-likeness (QED) is 0.427. The van der Waals surface area contributed by atoms with Crippen LogP contribution in [0.2, 0.25) is 5.02 Å². The average molecular weight is 473 g/mol. The van der Waals surface area contributed by atoms with Gasteiger partial charge in [-0.2, -0.15) is 4.98 Å². The molecular weight excluding hydrogens is 452 g/mol. The zero-order valence-electron chi connectivity index (χ0n) is 18.5. The molecule has 0 saturated carbocycles. The van der Waals surface area contributed by atoms with E-state index in [1.807, 2.05) is 43.3 Å². The van der Waals surface area contributed by atoms with Crippen molar-refractivity contribution in [3.05, 3.63) is 94.9 Å². The predicted molar refractivity (Wildman–Crippen MR) is 131 cm³/mol. The molecule has 1 unspecified atom stereocenters. The number of nitrogens with zero attached hydrogens (tertiary/aromatic N) is 4. The molecular formula is C25H21ClN6O2. The van der Waals surface area contributed by atoms with Gasteiger partial charge < -0.3 is 15.4 Å². The number of methoxy groups -OCH3 is 1. The third kappa shape index (κ3) is 3.99. The summed E-state index contributed by atoms with van der Waals surface area (Å²) < 4.78 is 7.12. The third-order valence-corrected chi connectivity index (χ3v) is 5.83. The summed E-state index contributed by atoms with van der Waals surface area (Å²) in [5, 5.41) is 11.6. The highest BCUT2D eigenvalue weighted by Crippen LogP contribution is 2.37. The summed E-state index contributed by atoms with van der Waals surface area (Å²) >= 11 is 6.04. The van der Waals surface area contributed by atoms with Gasteiger partial charge in [-0.25, -0.2) is 4.68 Å². The van der Waals surface area contributed by atoms with Gasteiger partial charge in [-0.15, -0.1) is 5.10 Å². The van der Waals surface area contributed by atoms with Gasteiger partial charge in [0.05, 0.1) is 18.4 Å². The van der Waals surface area contributed by atoms with Gasteiger partial charge in [0.15, 0.2) is 5.82 Å². The van der Waals surface area contributed by atoms with Gasteiger partial charge in [0.1, 0.15) is 11.8 Å². The standard InChI is InChI=1S/C25H21ClN6O2/c1-15-21(24(33)29-19-5-3-4-6-20(19)34-2)22(16-11-13-27-14-12-16)32-25(28-15)30-23(31-32)17-7-9-18(26)10-8-17/h3-14,22H,1-2H3,(H,29,33)(H,28,30,31). The molecule has 0 saturated heterocycles. The summed E-state index contributed by atoms with van der Waals surface area (Å²) in [4.78, 5) is 22.4. The number of benzene rings is 2. The maximum Gasteiger partial charge on any atom is 0.255 e. The number of carbonyl (C=O) groups is 1. The van der Waals surface area contributed by atoms with E-state index in [2.05, 4.69) is 20.6 Å². The lowest BCUT2D eigenvalue weighted by Gasteiger charge is -2.28. The summed E-state index contributed by atoms with van der Waals surface area (Å²) in [7, 11) is 1.57. The molecule has 0 spiro atoms. The van der Waals surface area contributed by atoms with E-state index in [1.165, 1.54) is 0 Å². The van der Waals surface area contributed by atoms with Crippen molar-refractivity contribution in [3.63, 3.8) is 0 Å². The van der Waals surface area contributed by atoms with Crippen LogP contribution in [0.1, 0.15) is 18.5 Å². The Bertz CT molecular complexity index is 1380. The first kappa shape index (κ1) is 21.7. The molecule has 2 aromatic heterocycles. The highest BCUT2D eigenvalue weighted by Gasteiger charge is 2.34. The van der Waals surface area contributed by atoms with Crippen LogP contribution in [0.5, 0.6) is 5.75 Å². The Kier molecular flexibility index (Phi) is 5.73. The molecule has 34 heavy (non-hydrogen) atoms. The fraction of sp³-hybridized carbons (Fsp3) is 0.120. The number of halogens is 1. The number of aromatic nitrogens is 4. The molecule has 1 aliphatic heterocycles. The van der Waals surface area contributed by atoms with Crippen LogP contribution in [0.15, 0.2) is 84.3 Å². The number of hydrogen-bond acceptors (Lipinski definition) is 6.